The van der Waals surface area contributed by atoms with Gasteiger partial charge < -0.3 is 20.7 Å². The molecule has 3 N–H and O–H groups in total. The predicted molar refractivity (Wildman–Crippen MR) is 56.8 cm³/mol. The fourth-order valence-electron chi connectivity index (χ4n) is 1.97. The lowest BCUT2D eigenvalue weighted by Crippen LogP contribution is -2.46. The Bertz CT molecular complexity index is 276. The summed E-state index contributed by atoms with van der Waals surface area (Å²) in [5.74, 6) is -0.0195. The highest BCUT2D eigenvalue weighted by molar-refractivity contribution is 5.82. The summed E-state index contributed by atoms with van der Waals surface area (Å²) in [6, 6.07) is 0.0447. The minimum Gasteiger partial charge on any atom is -0.378 e. The number of hydrogen-bond donors (Lipinski definition) is 3. The van der Waals surface area contributed by atoms with Crippen LogP contribution in [0.4, 0.5) is 0 Å². The van der Waals surface area contributed by atoms with Gasteiger partial charge in [0.15, 0.2) is 0 Å². The third-order valence-corrected chi connectivity index (χ3v) is 2.77. The van der Waals surface area contributed by atoms with Crippen LogP contribution in [0.15, 0.2) is 0 Å². The lowest BCUT2D eigenvalue weighted by Gasteiger charge is -2.23. The van der Waals surface area contributed by atoms with E-state index in [-0.39, 0.29) is 23.9 Å². The van der Waals surface area contributed by atoms with Gasteiger partial charge in [0.25, 0.3) is 0 Å². The largest absolute Gasteiger partial charge is 0.378 e. The highest BCUT2D eigenvalue weighted by atomic mass is 16.5. The summed E-state index contributed by atoms with van der Waals surface area (Å²) in [5.41, 5.74) is 0. The molecule has 2 saturated heterocycles. The van der Waals surface area contributed by atoms with E-state index in [1.54, 1.807) is 0 Å². The third kappa shape index (κ3) is 3.18. The van der Waals surface area contributed by atoms with Crippen LogP contribution in [0, 0.1) is 0 Å². The van der Waals surface area contributed by atoms with Crippen molar-refractivity contribution in [1.82, 2.24) is 16.0 Å². The molecule has 2 heterocycles. The average molecular weight is 227 g/mol. The molecule has 0 aliphatic carbocycles. The molecule has 0 spiro atoms. The van der Waals surface area contributed by atoms with Crippen LogP contribution in [0.1, 0.15) is 12.8 Å². The number of amides is 2. The first-order valence-electron chi connectivity index (χ1n) is 5.61. The molecule has 2 unspecified atom stereocenters. The number of ether oxygens (including phenoxy) is 1. The Morgan fingerprint density at radius 2 is 2.44 bits per heavy atom. The van der Waals surface area contributed by atoms with Gasteiger partial charge >= 0.3 is 0 Å². The van der Waals surface area contributed by atoms with Gasteiger partial charge in [-0.1, -0.05) is 0 Å². The molecule has 2 amide bonds. The van der Waals surface area contributed by atoms with Crippen LogP contribution in [0.5, 0.6) is 0 Å². The van der Waals surface area contributed by atoms with E-state index < -0.39 is 0 Å². The molecular formula is C10H17N3O3. The summed E-state index contributed by atoms with van der Waals surface area (Å²) in [6.07, 6.45) is 0.797. The van der Waals surface area contributed by atoms with Gasteiger partial charge in [-0.2, -0.15) is 0 Å². The van der Waals surface area contributed by atoms with E-state index in [1.807, 2.05) is 0 Å². The second kappa shape index (κ2) is 5.27. The normalized spacial score (nSPS) is 29.9. The quantitative estimate of drug-likeness (QED) is 0.541. The van der Waals surface area contributed by atoms with Crippen LogP contribution >= 0.6 is 0 Å². The molecule has 2 fully saturated rings. The van der Waals surface area contributed by atoms with Crippen molar-refractivity contribution in [2.24, 2.45) is 0 Å². The van der Waals surface area contributed by atoms with Crippen molar-refractivity contribution < 1.29 is 14.3 Å². The Balaban J connectivity index is 1.69. The number of rotatable bonds is 3. The van der Waals surface area contributed by atoms with Crippen LogP contribution in [-0.4, -0.2) is 50.2 Å². The smallest absolute Gasteiger partial charge is 0.222 e. The van der Waals surface area contributed by atoms with Crippen molar-refractivity contribution in [3.05, 3.63) is 0 Å². The Morgan fingerprint density at radius 3 is 3.06 bits per heavy atom. The molecule has 90 valence electrons. The van der Waals surface area contributed by atoms with Crippen molar-refractivity contribution in [1.29, 1.82) is 0 Å². The molecule has 2 atom stereocenters. The summed E-state index contributed by atoms with van der Waals surface area (Å²) in [5, 5.41) is 8.74. The first-order valence-corrected chi connectivity index (χ1v) is 5.61. The van der Waals surface area contributed by atoms with E-state index in [4.69, 9.17) is 4.74 Å². The zero-order chi connectivity index (χ0) is 11.4. The topological polar surface area (TPSA) is 79.5 Å². The lowest BCUT2D eigenvalue weighted by molar-refractivity contribution is -0.122. The van der Waals surface area contributed by atoms with Gasteiger partial charge in [-0.05, 0) is 0 Å². The van der Waals surface area contributed by atoms with E-state index in [2.05, 4.69) is 16.0 Å². The van der Waals surface area contributed by atoms with E-state index in [1.165, 1.54) is 0 Å². The summed E-state index contributed by atoms with van der Waals surface area (Å²) in [7, 11) is 0. The van der Waals surface area contributed by atoms with E-state index in [0.29, 0.717) is 32.6 Å². The Kier molecular flexibility index (Phi) is 3.74. The molecule has 6 nitrogen and oxygen atoms in total. The highest BCUT2D eigenvalue weighted by Gasteiger charge is 2.24. The zero-order valence-electron chi connectivity index (χ0n) is 9.12. The molecule has 2 aliphatic rings. The number of hydrogen-bond acceptors (Lipinski definition) is 4. The van der Waals surface area contributed by atoms with E-state index in [0.717, 1.165) is 6.54 Å². The summed E-state index contributed by atoms with van der Waals surface area (Å²) in [4.78, 5) is 22.6. The predicted octanol–water partition coefficient (Wildman–Crippen LogP) is -1.63. The molecular weight excluding hydrogens is 210 g/mol. The number of carbonyl (C=O) groups is 2. The van der Waals surface area contributed by atoms with Crippen LogP contribution in [0.3, 0.4) is 0 Å². The number of carbonyl (C=O) groups excluding carboxylic acids is 2. The van der Waals surface area contributed by atoms with Crippen LogP contribution in [0.25, 0.3) is 0 Å². The molecule has 0 bridgehead atoms. The summed E-state index contributed by atoms with van der Waals surface area (Å²) in [6.45, 7) is 2.62. The second-order valence-electron chi connectivity index (χ2n) is 4.20. The third-order valence-electron chi connectivity index (χ3n) is 2.77. The van der Waals surface area contributed by atoms with Gasteiger partial charge in [-0.15, -0.1) is 0 Å². The maximum atomic E-state index is 11.6. The molecule has 6 heteroatoms. The van der Waals surface area contributed by atoms with E-state index >= 15 is 0 Å². The molecule has 0 aromatic carbocycles. The van der Waals surface area contributed by atoms with Crippen molar-refractivity contribution in [2.75, 3.05) is 26.3 Å². The van der Waals surface area contributed by atoms with Gasteiger partial charge in [0.05, 0.1) is 19.3 Å². The Hall–Kier alpha value is -1.14. The van der Waals surface area contributed by atoms with Crippen LogP contribution in [-0.2, 0) is 14.3 Å². The summed E-state index contributed by atoms with van der Waals surface area (Å²) < 4.78 is 5.26. The Morgan fingerprint density at radius 1 is 1.56 bits per heavy atom. The summed E-state index contributed by atoms with van der Waals surface area (Å²) >= 11 is 0. The zero-order valence-corrected chi connectivity index (χ0v) is 9.12. The number of nitrogens with one attached hydrogen (secondary N) is 3. The van der Waals surface area contributed by atoms with Gasteiger partial charge in [-0.25, -0.2) is 0 Å². The minimum absolute atomic E-state index is 0.00410. The first kappa shape index (κ1) is 11.3. The van der Waals surface area contributed by atoms with Crippen molar-refractivity contribution in [3.63, 3.8) is 0 Å². The van der Waals surface area contributed by atoms with Crippen molar-refractivity contribution >= 4 is 11.8 Å². The van der Waals surface area contributed by atoms with Gasteiger partial charge in [0.2, 0.25) is 11.8 Å². The highest BCUT2D eigenvalue weighted by Crippen LogP contribution is 2.02. The first-order chi connectivity index (χ1) is 7.74. The maximum Gasteiger partial charge on any atom is 0.222 e. The van der Waals surface area contributed by atoms with Crippen LogP contribution < -0.4 is 16.0 Å². The minimum atomic E-state index is -0.0514. The van der Waals surface area contributed by atoms with Gasteiger partial charge in [0, 0.05) is 32.0 Å². The van der Waals surface area contributed by atoms with E-state index in [9.17, 15) is 9.59 Å². The lowest BCUT2D eigenvalue weighted by atomic mass is 10.1. The SMILES string of the molecule is O=C1CC(NC(=O)CC2COCCN2)CN1. The van der Waals surface area contributed by atoms with Crippen LogP contribution in [0.2, 0.25) is 0 Å². The molecule has 0 saturated carbocycles. The van der Waals surface area contributed by atoms with Crippen molar-refractivity contribution in [3.8, 4) is 0 Å². The standard InChI is InChI=1S/C10H17N3O3/c14-9-3-7(5-12-9)13-10(15)4-8-6-16-2-1-11-8/h7-8,11H,1-6H2,(H,12,14)(H,13,15). The average Bonchev–Trinajstić information content (AvgIpc) is 2.65. The maximum absolute atomic E-state index is 11.6. The molecule has 0 aromatic rings. The second-order valence-corrected chi connectivity index (χ2v) is 4.20. The Labute approximate surface area is 94.1 Å². The van der Waals surface area contributed by atoms with Gasteiger partial charge in [-0.3, -0.25) is 9.59 Å². The molecule has 2 rings (SSSR count). The fraction of sp³-hybridized carbons (Fsp3) is 0.800. The number of morpholine rings is 1. The monoisotopic (exact) mass is 227 g/mol. The molecule has 0 aromatic heterocycles. The van der Waals surface area contributed by atoms with Crippen molar-refractivity contribution in [2.45, 2.75) is 24.9 Å². The molecule has 0 radical (unpaired) electrons. The molecule has 16 heavy (non-hydrogen) atoms. The fourth-order valence-corrected chi connectivity index (χ4v) is 1.97. The van der Waals surface area contributed by atoms with Gasteiger partial charge in [0.1, 0.15) is 0 Å². The molecule has 2 aliphatic heterocycles.